The lowest BCUT2D eigenvalue weighted by Gasteiger charge is -2.38. The first-order valence-corrected chi connectivity index (χ1v) is 11.4. The lowest BCUT2D eigenvalue weighted by molar-refractivity contribution is -0.127. The molecule has 2 amide bonds. The van der Waals surface area contributed by atoms with Crippen molar-refractivity contribution in [2.45, 2.75) is 31.7 Å². The first-order valence-electron chi connectivity index (χ1n) is 9.57. The summed E-state index contributed by atoms with van der Waals surface area (Å²) in [5, 5.41) is 2.64. The Labute approximate surface area is 182 Å². The van der Waals surface area contributed by atoms with Crippen molar-refractivity contribution in [1.29, 1.82) is 0 Å². The van der Waals surface area contributed by atoms with E-state index in [-0.39, 0.29) is 39.8 Å². The number of rotatable bonds is 5. The van der Waals surface area contributed by atoms with Crippen LogP contribution in [0.25, 0.3) is 0 Å². The zero-order valence-electron chi connectivity index (χ0n) is 17.1. The number of halogens is 3. The highest BCUT2D eigenvalue weighted by Crippen LogP contribution is 2.47. The largest absolute Gasteiger partial charge is 0.435 e. The molecule has 2 aliphatic heterocycles. The van der Waals surface area contributed by atoms with Crippen LogP contribution in [0.1, 0.15) is 29.8 Å². The van der Waals surface area contributed by atoms with Crippen molar-refractivity contribution >= 4 is 33.0 Å². The summed E-state index contributed by atoms with van der Waals surface area (Å²) in [4.78, 5) is 26.5. The number of amides is 2. The Morgan fingerprint density at radius 2 is 1.84 bits per heavy atom. The van der Waals surface area contributed by atoms with E-state index in [0.29, 0.717) is 0 Å². The van der Waals surface area contributed by atoms with Gasteiger partial charge in [-0.15, -0.1) is 0 Å². The minimum absolute atomic E-state index is 0.0579. The summed E-state index contributed by atoms with van der Waals surface area (Å²) in [5.41, 5.74) is -3.12. The van der Waals surface area contributed by atoms with Crippen molar-refractivity contribution in [2.75, 3.05) is 16.4 Å². The van der Waals surface area contributed by atoms with E-state index in [1.807, 2.05) is 0 Å². The highest BCUT2D eigenvalue weighted by molar-refractivity contribution is 7.93. The van der Waals surface area contributed by atoms with Crippen molar-refractivity contribution in [3.8, 4) is 5.75 Å². The van der Waals surface area contributed by atoms with Crippen LogP contribution in [0.4, 0.5) is 24.5 Å². The molecule has 170 valence electrons. The molecule has 0 radical (unpaired) electrons. The number of fused-ring (bicyclic) bond motifs is 1. The number of benzene rings is 2. The summed E-state index contributed by atoms with van der Waals surface area (Å²) in [6, 6.07) is 9.30. The Kier molecular flexibility index (Phi) is 5.00. The Hall–Kier alpha value is -3.08. The van der Waals surface area contributed by atoms with Gasteiger partial charge in [0.1, 0.15) is 5.75 Å². The van der Waals surface area contributed by atoms with Crippen LogP contribution in [0.3, 0.4) is 0 Å². The highest BCUT2D eigenvalue weighted by Gasteiger charge is 2.50. The van der Waals surface area contributed by atoms with E-state index in [1.165, 1.54) is 42.5 Å². The first kappa shape index (κ1) is 22.1. The minimum Gasteiger partial charge on any atom is -0.435 e. The van der Waals surface area contributed by atoms with Gasteiger partial charge in [-0.1, -0.05) is 6.07 Å². The summed E-state index contributed by atoms with van der Waals surface area (Å²) in [6.45, 7) is -0.417. The van der Waals surface area contributed by atoms with Crippen molar-refractivity contribution in [3.05, 3.63) is 53.6 Å². The lowest BCUT2D eigenvalue weighted by Crippen LogP contribution is -2.63. The molecule has 7 nitrogen and oxygen atoms in total. The molecule has 11 heteroatoms. The van der Waals surface area contributed by atoms with Crippen molar-refractivity contribution in [2.24, 2.45) is 0 Å². The third-order valence-electron chi connectivity index (χ3n) is 5.40. The fraction of sp³-hybridized carbons (Fsp3) is 0.333. The topological polar surface area (TPSA) is 92.8 Å². The van der Waals surface area contributed by atoms with Crippen LogP contribution >= 0.6 is 0 Å². The Balaban J connectivity index is 1.66. The summed E-state index contributed by atoms with van der Waals surface area (Å²) < 4.78 is 67.8. The van der Waals surface area contributed by atoms with Gasteiger partial charge in [-0.25, -0.2) is 12.8 Å². The maximum atomic E-state index is 15.5. The number of hydrogen-bond acceptors (Lipinski definition) is 5. The molecule has 0 spiro atoms. The molecule has 2 aliphatic rings. The molecule has 1 saturated heterocycles. The second-order valence-corrected chi connectivity index (χ2v) is 10.4. The van der Waals surface area contributed by atoms with E-state index < -0.39 is 39.5 Å². The molecule has 0 saturated carbocycles. The Bertz CT molecular complexity index is 1220. The summed E-state index contributed by atoms with van der Waals surface area (Å²) in [6.07, 6.45) is 0. The smallest absolute Gasteiger partial charge is 0.387 e. The maximum absolute atomic E-state index is 15.5. The van der Waals surface area contributed by atoms with E-state index >= 15 is 4.39 Å². The highest BCUT2D eigenvalue weighted by atomic mass is 32.2. The molecule has 2 aromatic rings. The number of nitrogens with zero attached hydrogens (tertiary/aromatic N) is 1. The summed E-state index contributed by atoms with van der Waals surface area (Å²) in [7, 11) is -3.18. The van der Waals surface area contributed by atoms with Gasteiger partial charge in [0, 0.05) is 17.2 Å². The predicted molar refractivity (Wildman–Crippen MR) is 110 cm³/mol. The van der Waals surface area contributed by atoms with Gasteiger partial charge in [-0.3, -0.25) is 14.5 Å². The molecular formula is C21H19F3N2O5S. The van der Waals surface area contributed by atoms with Crippen molar-refractivity contribution in [3.63, 3.8) is 0 Å². The molecular weight excluding hydrogens is 449 g/mol. The zero-order chi connectivity index (χ0) is 23.5. The van der Waals surface area contributed by atoms with Gasteiger partial charge in [0.25, 0.3) is 11.8 Å². The molecule has 1 atom stereocenters. The van der Waals surface area contributed by atoms with Crippen LogP contribution in [0, 0.1) is 0 Å². The van der Waals surface area contributed by atoms with Crippen LogP contribution in [-0.2, 0) is 20.3 Å². The van der Waals surface area contributed by atoms with Gasteiger partial charge in [0.15, 0.2) is 9.84 Å². The standard InChI is InChI=1S/C21H19F3N2O5S/c1-20(10-32(29,30)11-20)25-17(27)12-6-7-16-15(8-12)21(2,24)18(28)26(16)13-4-3-5-14(9-13)31-19(22)23/h3-9,19H,10-11H2,1-2H3,(H,25,27). The maximum Gasteiger partial charge on any atom is 0.387 e. The molecule has 1 N–H and O–H groups in total. The van der Waals surface area contributed by atoms with Gasteiger partial charge in [-0.2, -0.15) is 8.78 Å². The van der Waals surface area contributed by atoms with Gasteiger partial charge < -0.3 is 10.1 Å². The van der Waals surface area contributed by atoms with E-state index in [4.69, 9.17) is 0 Å². The van der Waals surface area contributed by atoms with Gasteiger partial charge >= 0.3 is 6.61 Å². The third-order valence-corrected chi connectivity index (χ3v) is 7.56. The lowest BCUT2D eigenvalue weighted by atomic mass is 9.97. The Morgan fingerprint density at radius 3 is 2.47 bits per heavy atom. The second kappa shape index (κ2) is 7.22. The van der Waals surface area contributed by atoms with Crippen LogP contribution in [0.15, 0.2) is 42.5 Å². The molecule has 2 heterocycles. The van der Waals surface area contributed by atoms with Crippen molar-refractivity contribution in [1.82, 2.24) is 5.32 Å². The molecule has 2 aromatic carbocycles. The van der Waals surface area contributed by atoms with Gasteiger partial charge in [-0.05, 0) is 44.2 Å². The molecule has 4 rings (SSSR count). The first-order chi connectivity index (χ1) is 14.8. The van der Waals surface area contributed by atoms with Crippen molar-refractivity contribution < 1.29 is 35.9 Å². The molecule has 0 aromatic heterocycles. The number of hydrogen-bond donors (Lipinski definition) is 1. The van der Waals surface area contributed by atoms with E-state index in [9.17, 15) is 26.8 Å². The number of sulfone groups is 1. The molecule has 1 fully saturated rings. The number of nitrogens with one attached hydrogen (secondary N) is 1. The zero-order valence-corrected chi connectivity index (χ0v) is 17.9. The minimum atomic E-state index is -3.18. The number of anilines is 2. The molecule has 1 unspecified atom stereocenters. The molecule has 0 aliphatic carbocycles. The fourth-order valence-electron chi connectivity index (χ4n) is 4.08. The number of alkyl halides is 3. The van der Waals surface area contributed by atoms with Crippen LogP contribution in [-0.4, -0.2) is 43.9 Å². The summed E-state index contributed by atoms with van der Waals surface area (Å²) in [5.74, 6) is -2.13. The van der Waals surface area contributed by atoms with Crippen LogP contribution < -0.4 is 15.0 Å². The fourth-order valence-corrected chi connectivity index (χ4v) is 6.09. The quantitative estimate of drug-likeness (QED) is 0.728. The summed E-state index contributed by atoms with van der Waals surface area (Å²) >= 11 is 0. The monoisotopic (exact) mass is 468 g/mol. The number of ether oxygens (including phenoxy) is 1. The van der Waals surface area contributed by atoms with E-state index in [2.05, 4.69) is 10.1 Å². The van der Waals surface area contributed by atoms with Crippen LogP contribution in [0.5, 0.6) is 5.75 Å². The SMILES string of the molecule is CC1(NC(=O)c2ccc3c(c2)C(C)(F)C(=O)N3c2cccc(OC(F)F)c2)CS(=O)(=O)C1. The normalized spacial score (nSPS) is 22.9. The molecule has 32 heavy (non-hydrogen) atoms. The average Bonchev–Trinajstić information content (AvgIpc) is 2.85. The second-order valence-electron chi connectivity index (χ2n) is 8.30. The number of carbonyl (C=O) groups excluding carboxylic acids is 2. The van der Waals surface area contributed by atoms with E-state index in [0.717, 1.165) is 11.8 Å². The third kappa shape index (κ3) is 3.81. The average molecular weight is 468 g/mol. The van der Waals surface area contributed by atoms with Crippen LogP contribution in [0.2, 0.25) is 0 Å². The Morgan fingerprint density at radius 1 is 1.16 bits per heavy atom. The van der Waals surface area contributed by atoms with E-state index in [1.54, 1.807) is 6.92 Å². The molecule has 0 bridgehead atoms. The van der Waals surface area contributed by atoms with Gasteiger partial charge in [0.05, 0.1) is 28.4 Å². The predicted octanol–water partition coefficient (Wildman–Crippen LogP) is 3.07. The van der Waals surface area contributed by atoms with Gasteiger partial charge in [0.2, 0.25) is 5.67 Å². The number of carbonyl (C=O) groups is 2.